The van der Waals surface area contributed by atoms with Crippen molar-refractivity contribution < 1.29 is 14.5 Å². The molecule has 0 aromatic heterocycles. The molecule has 5 rings (SSSR count). The second kappa shape index (κ2) is 6.86. The zero-order valence-electron chi connectivity index (χ0n) is 18.1. The van der Waals surface area contributed by atoms with Gasteiger partial charge >= 0.3 is 7.48 Å². The van der Waals surface area contributed by atoms with Crippen molar-refractivity contribution in [2.75, 3.05) is 0 Å². The van der Waals surface area contributed by atoms with Gasteiger partial charge in [0.15, 0.2) is 0 Å². The predicted molar refractivity (Wildman–Crippen MR) is 122 cm³/mol. The third kappa shape index (κ3) is 3.05. The van der Waals surface area contributed by atoms with Gasteiger partial charge < -0.3 is 14.5 Å². The van der Waals surface area contributed by atoms with E-state index in [1.165, 1.54) is 22.2 Å². The number of hydrogen-bond donors (Lipinski definition) is 1. The highest BCUT2D eigenvalue weighted by molar-refractivity contribution is 6.39. The molecule has 1 aromatic carbocycles. The fourth-order valence-corrected chi connectivity index (χ4v) is 4.92. The fraction of sp³-hybridized carbons (Fsp3) is 0.385. The van der Waals surface area contributed by atoms with E-state index in [1.54, 1.807) is 13.8 Å². The average molecular weight is 400 g/mol. The third-order valence-electron chi connectivity index (χ3n) is 7.37. The summed E-state index contributed by atoms with van der Waals surface area (Å²) >= 11 is 0. The Hall–Kier alpha value is -2.30. The van der Waals surface area contributed by atoms with Crippen molar-refractivity contribution in [2.24, 2.45) is 11.8 Å². The summed E-state index contributed by atoms with van der Waals surface area (Å²) in [5, 5.41) is 10.5. The number of fused-ring (bicyclic) bond motifs is 7. The van der Waals surface area contributed by atoms with E-state index < -0.39 is 11.2 Å². The minimum absolute atomic E-state index is 0.0485. The zero-order valence-corrected chi connectivity index (χ0v) is 18.1. The summed E-state index contributed by atoms with van der Waals surface area (Å²) in [6.07, 6.45) is 15.6. The lowest BCUT2D eigenvalue weighted by molar-refractivity contribution is -0.0898. The lowest BCUT2D eigenvalue weighted by atomic mass is 9.60. The summed E-state index contributed by atoms with van der Waals surface area (Å²) in [5.74, 6) is 1.77. The van der Waals surface area contributed by atoms with Crippen LogP contribution < -0.4 is 4.74 Å². The SMILES string of the molecule is CC(C)(O)C(C)(C)OBC1=CC2=CC=C3C=CC=CC3C2C2Oc3ccccc3C12. The van der Waals surface area contributed by atoms with Gasteiger partial charge in [0.25, 0.3) is 0 Å². The average Bonchev–Trinajstić information content (AvgIpc) is 3.10. The van der Waals surface area contributed by atoms with E-state index in [0.29, 0.717) is 13.4 Å². The minimum Gasteiger partial charge on any atom is -0.488 e. The molecule has 3 aliphatic carbocycles. The van der Waals surface area contributed by atoms with Crippen LogP contribution in [0.25, 0.3) is 0 Å². The molecule has 0 bridgehead atoms. The van der Waals surface area contributed by atoms with E-state index in [2.05, 4.69) is 60.7 Å². The number of aliphatic hydroxyl groups is 1. The number of ether oxygens (including phenoxy) is 1. The van der Waals surface area contributed by atoms with Crippen LogP contribution in [0.4, 0.5) is 0 Å². The molecule has 1 heterocycles. The fourth-order valence-electron chi connectivity index (χ4n) is 4.92. The van der Waals surface area contributed by atoms with Crippen LogP contribution in [0.5, 0.6) is 5.75 Å². The molecule has 154 valence electrons. The van der Waals surface area contributed by atoms with Gasteiger partial charge in [-0.1, -0.05) is 66.2 Å². The Labute approximate surface area is 179 Å². The maximum atomic E-state index is 10.5. The van der Waals surface area contributed by atoms with Crippen molar-refractivity contribution in [3.8, 4) is 5.75 Å². The highest BCUT2D eigenvalue weighted by Gasteiger charge is 2.49. The lowest BCUT2D eigenvalue weighted by Gasteiger charge is -2.42. The molecule has 0 amide bonds. The van der Waals surface area contributed by atoms with Gasteiger partial charge in [0, 0.05) is 23.3 Å². The largest absolute Gasteiger partial charge is 0.488 e. The van der Waals surface area contributed by atoms with E-state index in [0.717, 1.165) is 5.75 Å². The third-order valence-corrected chi connectivity index (χ3v) is 7.37. The van der Waals surface area contributed by atoms with Crippen molar-refractivity contribution >= 4 is 7.48 Å². The summed E-state index contributed by atoms with van der Waals surface area (Å²) in [4.78, 5) is 0. The summed E-state index contributed by atoms with van der Waals surface area (Å²) in [7, 11) is 0.469. The monoisotopic (exact) mass is 400 g/mol. The molecule has 4 heteroatoms. The van der Waals surface area contributed by atoms with E-state index in [9.17, 15) is 5.11 Å². The molecule has 1 aromatic rings. The van der Waals surface area contributed by atoms with E-state index in [1.807, 2.05) is 19.9 Å². The molecule has 3 nitrogen and oxygen atoms in total. The normalized spacial score (nSPS) is 28.9. The molecule has 30 heavy (non-hydrogen) atoms. The molecule has 1 N–H and O–H groups in total. The summed E-state index contributed by atoms with van der Waals surface area (Å²) in [6, 6.07) is 8.39. The Balaban J connectivity index is 1.55. The maximum absolute atomic E-state index is 10.5. The highest BCUT2D eigenvalue weighted by atomic mass is 16.5. The van der Waals surface area contributed by atoms with Gasteiger partial charge in [-0.2, -0.15) is 0 Å². The van der Waals surface area contributed by atoms with Crippen LogP contribution >= 0.6 is 0 Å². The summed E-state index contributed by atoms with van der Waals surface area (Å²) in [6.45, 7) is 7.50. The van der Waals surface area contributed by atoms with Gasteiger partial charge in [-0.15, -0.1) is 0 Å². The molecule has 0 saturated heterocycles. The van der Waals surface area contributed by atoms with Gasteiger partial charge in [-0.05, 0) is 44.9 Å². The van der Waals surface area contributed by atoms with E-state index >= 15 is 0 Å². The van der Waals surface area contributed by atoms with Crippen LogP contribution in [0.2, 0.25) is 0 Å². The van der Waals surface area contributed by atoms with Crippen LogP contribution in [0, 0.1) is 11.8 Å². The smallest absolute Gasteiger partial charge is 0.306 e. The van der Waals surface area contributed by atoms with Crippen molar-refractivity contribution in [1.29, 1.82) is 0 Å². The Morgan fingerprint density at radius 3 is 2.60 bits per heavy atom. The van der Waals surface area contributed by atoms with Crippen LogP contribution in [-0.2, 0) is 4.65 Å². The van der Waals surface area contributed by atoms with Gasteiger partial charge in [-0.25, -0.2) is 0 Å². The van der Waals surface area contributed by atoms with Gasteiger partial charge in [0.05, 0.1) is 11.2 Å². The number of rotatable bonds is 4. The topological polar surface area (TPSA) is 38.7 Å². The molecule has 1 aliphatic heterocycles. The van der Waals surface area contributed by atoms with Crippen molar-refractivity contribution in [2.45, 2.75) is 50.9 Å². The molecule has 4 aliphatic rings. The molecule has 0 fully saturated rings. The summed E-state index contributed by atoms with van der Waals surface area (Å²) in [5.41, 5.74) is 3.51. The summed E-state index contributed by atoms with van der Waals surface area (Å²) < 4.78 is 12.9. The second-order valence-corrected chi connectivity index (χ2v) is 9.80. The van der Waals surface area contributed by atoms with Crippen LogP contribution in [-0.4, -0.2) is 29.9 Å². The molecular weight excluding hydrogens is 371 g/mol. The van der Waals surface area contributed by atoms with Crippen molar-refractivity contribution in [3.05, 3.63) is 89.0 Å². The molecule has 4 atom stereocenters. The van der Waals surface area contributed by atoms with Gasteiger partial charge in [-0.3, -0.25) is 0 Å². The lowest BCUT2D eigenvalue weighted by Crippen LogP contribution is -2.49. The van der Waals surface area contributed by atoms with Crippen LogP contribution in [0.15, 0.2) is 83.4 Å². The van der Waals surface area contributed by atoms with Gasteiger partial charge in [0.1, 0.15) is 11.9 Å². The van der Waals surface area contributed by atoms with Crippen molar-refractivity contribution in [1.82, 2.24) is 0 Å². The van der Waals surface area contributed by atoms with Crippen LogP contribution in [0.1, 0.15) is 39.2 Å². The predicted octanol–water partition coefficient (Wildman–Crippen LogP) is 4.57. The Kier molecular flexibility index (Phi) is 4.50. The Morgan fingerprint density at radius 2 is 1.80 bits per heavy atom. The van der Waals surface area contributed by atoms with Crippen molar-refractivity contribution in [3.63, 3.8) is 0 Å². The minimum atomic E-state index is -0.935. The zero-order chi connectivity index (χ0) is 21.1. The Bertz CT molecular complexity index is 1020. The van der Waals surface area contributed by atoms with E-state index in [-0.39, 0.29) is 17.9 Å². The standard InChI is InChI=1S/C26H29BO3/c1-25(2,28)26(3,4)30-27-20-15-17-14-13-16-9-5-6-10-18(16)22(17)24-23(20)19-11-7-8-12-21(19)29-24/h5-15,18,22-24,27-28H,1-4H3. The Morgan fingerprint density at radius 1 is 1.03 bits per heavy atom. The van der Waals surface area contributed by atoms with Gasteiger partial charge in [0.2, 0.25) is 0 Å². The first-order valence-corrected chi connectivity index (χ1v) is 10.9. The highest BCUT2D eigenvalue weighted by Crippen LogP contribution is 2.53. The first-order chi connectivity index (χ1) is 14.3. The number of hydrogen-bond acceptors (Lipinski definition) is 3. The maximum Gasteiger partial charge on any atom is 0.306 e. The number of allylic oxidation sites excluding steroid dienone is 8. The van der Waals surface area contributed by atoms with E-state index in [4.69, 9.17) is 9.39 Å². The first-order valence-electron chi connectivity index (χ1n) is 10.9. The number of benzene rings is 1. The molecular formula is C26H29BO3. The number of para-hydroxylation sites is 1. The molecule has 4 unspecified atom stereocenters. The quantitative estimate of drug-likeness (QED) is 0.753. The molecule has 0 radical (unpaired) electrons. The first kappa shape index (κ1) is 19.7. The second-order valence-electron chi connectivity index (χ2n) is 9.80. The molecule has 0 saturated carbocycles. The molecule has 0 spiro atoms. The van der Waals surface area contributed by atoms with Crippen LogP contribution in [0.3, 0.4) is 0 Å².